The van der Waals surface area contributed by atoms with E-state index in [4.69, 9.17) is 10.5 Å². The number of halogens is 1. The summed E-state index contributed by atoms with van der Waals surface area (Å²) in [6, 6.07) is 9.26. The summed E-state index contributed by atoms with van der Waals surface area (Å²) in [6.07, 6.45) is 0.800. The smallest absolute Gasteiger partial charge is 0.255 e. The van der Waals surface area contributed by atoms with Gasteiger partial charge >= 0.3 is 0 Å². The summed E-state index contributed by atoms with van der Waals surface area (Å²) >= 11 is 5.09. The maximum absolute atomic E-state index is 12.2. The molecule has 0 aliphatic heterocycles. The van der Waals surface area contributed by atoms with Crippen LogP contribution in [0.2, 0.25) is 0 Å². The third kappa shape index (κ3) is 4.22. The van der Waals surface area contributed by atoms with Crippen LogP contribution >= 0.6 is 27.3 Å². The fraction of sp³-hybridized carbons (Fsp3) is 0.267. The number of ether oxygens (including phenoxy) is 1. The molecule has 0 radical (unpaired) electrons. The Labute approximate surface area is 136 Å². The van der Waals surface area contributed by atoms with Crippen LogP contribution in [-0.4, -0.2) is 19.1 Å². The van der Waals surface area contributed by atoms with Gasteiger partial charge in [-0.3, -0.25) is 4.79 Å². The molecule has 0 aliphatic carbocycles. The topological polar surface area (TPSA) is 64.3 Å². The van der Waals surface area contributed by atoms with E-state index in [1.807, 2.05) is 19.1 Å². The summed E-state index contributed by atoms with van der Waals surface area (Å²) in [6.45, 7) is 2.91. The molecule has 0 atom stereocenters. The largest absolute Gasteiger partial charge is 0.491 e. The molecule has 1 aromatic carbocycles. The second-order valence-corrected chi connectivity index (χ2v) is 6.92. The predicted molar refractivity (Wildman–Crippen MR) is 90.1 cm³/mol. The number of rotatable bonds is 6. The molecule has 0 saturated carbocycles. The second-order valence-electron chi connectivity index (χ2n) is 4.37. The van der Waals surface area contributed by atoms with Gasteiger partial charge in [0.2, 0.25) is 0 Å². The van der Waals surface area contributed by atoms with Crippen LogP contribution in [-0.2, 0) is 6.42 Å². The average molecular weight is 369 g/mol. The van der Waals surface area contributed by atoms with Gasteiger partial charge in [-0.1, -0.05) is 6.07 Å². The van der Waals surface area contributed by atoms with Crippen molar-refractivity contribution in [1.82, 2.24) is 5.32 Å². The van der Waals surface area contributed by atoms with Crippen molar-refractivity contribution in [2.75, 3.05) is 18.9 Å². The molecule has 3 N–H and O–H groups in total. The molecule has 2 rings (SSSR count). The van der Waals surface area contributed by atoms with Crippen molar-refractivity contribution in [3.8, 4) is 5.75 Å². The molecule has 1 heterocycles. The van der Waals surface area contributed by atoms with Crippen LogP contribution in [0.5, 0.6) is 5.75 Å². The minimum absolute atomic E-state index is 0.165. The van der Waals surface area contributed by atoms with Crippen molar-refractivity contribution < 1.29 is 9.53 Å². The van der Waals surface area contributed by atoms with Crippen LogP contribution in [0.15, 0.2) is 34.1 Å². The van der Waals surface area contributed by atoms with Crippen LogP contribution in [0, 0.1) is 0 Å². The zero-order valence-corrected chi connectivity index (χ0v) is 14.1. The number of nitrogens with two attached hydrogens (primary N) is 1. The molecular weight excluding hydrogens is 352 g/mol. The number of hydrogen-bond donors (Lipinski definition) is 2. The summed E-state index contributed by atoms with van der Waals surface area (Å²) in [5.41, 5.74) is 6.81. The Kier molecular flexibility index (Phi) is 5.64. The fourth-order valence-electron chi connectivity index (χ4n) is 1.92. The van der Waals surface area contributed by atoms with E-state index < -0.39 is 0 Å². The molecular formula is C15H17BrN2O2S. The normalized spacial score (nSPS) is 10.4. The Hall–Kier alpha value is -1.53. The standard InChI is InChI=1S/C15H17BrN2O2S/c1-2-20-14-11(4-3-5-12(14)17)15(19)18-9-8-10-6-7-13(16)21-10/h3-7H,2,8-9,17H2,1H3,(H,18,19). The number of nitrogens with one attached hydrogen (secondary N) is 1. The zero-order valence-electron chi connectivity index (χ0n) is 11.7. The molecule has 0 unspecified atom stereocenters. The number of hydrogen-bond acceptors (Lipinski definition) is 4. The zero-order chi connectivity index (χ0) is 15.2. The van der Waals surface area contributed by atoms with Crippen LogP contribution < -0.4 is 15.8 Å². The minimum atomic E-state index is -0.165. The molecule has 21 heavy (non-hydrogen) atoms. The monoisotopic (exact) mass is 368 g/mol. The first-order chi connectivity index (χ1) is 10.1. The van der Waals surface area contributed by atoms with Crippen molar-refractivity contribution in [2.24, 2.45) is 0 Å². The summed E-state index contributed by atoms with van der Waals surface area (Å²) in [7, 11) is 0. The van der Waals surface area contributed by atoms with Gasteiger partial charge in [-0.05, 0) is 53.5 Å². The summed E-state index contributed by atoms with van der Waals surface area (Å²) in [5, 5.41) is 2.90. The number of carbonyl (C=O) groups is 1. The van der Waals surface area contributed by atoms with E-state index in [2.05, 4.69) is 21.2 Å². The highest BCUT2D eigenvalue weighted by atomic mass is 79.9. The van der Waals surface area contributed by atoms with Gasteiger partial charge in [0, 0.05) is 11.4 Å². The fourth-order valence-corrected chi connectivity index (χ4v) is 3.40. The molecule has 0 aliphatic rings. The van der Waals surface area contributed by atoms with Crippen molar-refractivity contribution in [1.29, 1.82) is 0 Å². The van der Waals surface area contributed by atoms with Crippen LogP contribution in [0.1, 0.15) is 22.2 Å². The summed E-state index contributed by atoms with van der Waals surface area (Å²) in [4.78, 5) is 13.5. The van der Waals surface area contributed by atoms with E-state index in [1.165, 1.54) is 4.88 Å². The number of carbonyl (C=O) groups excluding carboxylic acids is 1. The molecule has 2 aromatic rings. The lowest BCUT2D eigenvalue weighted by Crippen LogP contribution is -2.26. The lowest BCUT2D eigenvalue weighted by Gasteiger charge is -2.12. The maximum atomic E-state index is 12.2. The number of anilines is 1. The van der Waals surface area contributed by atoms with Crippen molar-refractivity contribution in [3.05, 3.63) is 44.6 Å². The first-order valence-corrected chi connectivity index (χ1v) is 8.26. The predicted octanol–water partition coefficient (Wildman–Crippen LogP) is 3.46. The van der Waals surface area contributed by atoms with Gasteiger partial charge in [0.15, 0.2) is 5.75 Å². The second kappa shape index (κ2) is 7.47. The maximum Gasteiger partial charge on any atom is 0.255 e. The number of benzene rings is 1. The number of nitrogen functional groups attached to an aromatic ring is 1. The third-order valence-corrected chi connectivity index (χ3v) is 4.55. The highest BCUT2D eigenvalue weighted by Gasteiger charge is 2.14. The molecule has 4 nitrogen and oxygen atoms in total. The van der Waals surface area contributed by atoms with Crippen molar-refractivity contribution in [2.45, 2.75) is 13.3 Å². The first kappa shape index (κ1) is 15.9. The van der Waals surface area contributed by atoms with Crippen molar-refractivity contribution >= 4 is 38.9 Å². The third-order valence-electron chi connectivity index (χ3n) is 2.86. The highest BCUT2D eigenvalue weighted by Crippen LogP contribution is 2.26. The summed E-state index contributed by atoms with van der Waals surface area (Å²) < 4.78 is 6.56. The van der Waals surface area contributed by atoms with Gasteiger partial charge in [0.25, 0.3) is 5.91 Å². The molecule has 112 valence electrons. The molecule has 0 fully saturated rings. The highest BCUT2D eigenvalue weighted by molar-refractivity contribution is 9.11. The van der Waals surface area contributed by atoms with E-state index in [0.29, 0.717) is 30.2 Å². The Morgan fingerprint density at radius 1 is 1.38 bits per heavy atom. The van der Waals surface area contributed by atoms with Gasteiger partial charge in [-0.15, -0.1) is 11.3 Å². The lowest BCUT2D eigenvalue weighted by molar-refractivity contribution is 0.0950. The first-order valence-electron chi connectivity index (χ1n) is 6.65. The van der Waals surface area contributed by atoms with Crippen LogP contribution in [0.25, 0.3) is 0 Å². The average Bonchev–Trinajstić information content (AvgIpc) is 2.87. The molecule has 6 heteroatoms. The van der Waals surface area contributed by atoms with E-state index >= 15 is 0 Å². The Bertz CT molecular complexity index is 628. The van der Waals surface area contributed by atoms with Crippen LogP contribution in [0.4, 0.5) is 5.69 Å². The molecule has 1 amide bonds. The Balaban J connectivity index is 1.98. The van der Waals surface area contributed by atoms with Gasteiger partial charge in [-0.25, -0.2) is 0 Å². The molecule has 0 spiro atoms. The molecule has 0 bridgehead atoms. The molecule has 1 aromatic heterocycles. The number of thiophene rings is 1. The minimum Gasteiger partial charge on any atom is -0.491 e. The Morgan fingerprint density at radius 2 is 2.19 bits per heavy atom. The SMILES string of the molecule is CCOc1c(N)cccc1C(=O)NCCc1ccc(Br)s1. The van der Waals surface area contributed by atoms with E-state index in [-0.39, 0.29) is 5.91 Å². The van der Waals surface area contributed by atoms with Gasteiger partial charge < -0.3 is 15.8 Å². The van der Waals surface area contributed by atoms with Gasteiger partial charge in [-0.2, -0.15) is 0 Å². The summed E-state index contributed by atoms with van der Waals surface area (Å²) in [5.74, 6) is 0.290. The van der Waals surface area contributed by atoms with E-state index in [0.717, 1.165) is 10.2 Å². The number of amides is 1. The lowest BCUT2D eigenvalue weighted by atomic mass is 10.1. The molecule has 0 saturated heterocycles. The van der Waals surface area contributed by atoms with Crippen LogP contribution in [0.3, 0.4) is 0 Å². The Morgan fingerprint density at radius 3 is 2.86 bits per heavy atom. The van der Waals surface area contributed by atoms with E-state index in [1.54, 1.807) is 29.5 Å². The van der Waals surface area contributed by atoms with Gasteiger partial charge in [0.05, 0.1) is 21.6 Å². The quantitative estimate of drug-likeness (QED) is 0.767. The number of para-hydroxylation sites is 1. The van der Waals surface area contributed by atoms with Gasteiger partial charge in [0.1, 0.15) is 0 Å². The van der Waals surface area contributed by atoms with Crippen molar-refractivity contribution in [3.63, 3.8) is 0 Å². The van der Waals surface area contributed by atoms with E-state index in [9.17, 15) is 4.79 Å².